The molecule has 3 nitrogen and oxygen atoms in total. The summed E-state index contributed by atoms with van der Waals surface area (Å²) in [6, 6.07) is 0. The van der Waals surface area contributed by atoms with Gasteiger partial charge in [-0.15, -0.1) is 6.58 Å². The van der Waals surface area contributed by atoms with Gasteiger partial charge in [0, 0.05) is 19.3 Å². The van der Waals surface area contributed by atoms with Gasteiger partial charge in [-0.1, -0.05) is 32.3 Å². The first-order valence-corrected chi connectivity index (χ1v) is 7.49. The normalized spacial score (nSPS) is 10.2. The first kappa shape index (κ1) is 17.9. The lowest BCUT2D eigenvalue weighted by atomic mass is 10.1. The summed E-state index contributed by atoms with van der Waals surface area (Å²) in [5, 5.41) is 0. The third-order valence-electron chi connectivity index (χ3n) is 2.96. The summed E-state index contributed by atoms with van der Waals surface area (Å²) in [4.78, 5) is 22.8. The Hall–Kier alpha value is -1.12. The van der Waals surface area contributed by atoms with E-state index in [4.69, 9.17) is 4.74 Å². The van der Waals surface area contributed by atoms with Gasteiger partial charge < -0.3 is 4.74 Å². The minimum Gasteiger partial charge on any atom is -0.466 e. The Bertz CT molecular complexity index is 259. The molecule has 0 fully saturated rings. The molecule has 0 aliphatic heterocycles. The molecule has 0 bridgehead atoms. The molecule has 0 aliphatic carbocycles. The molecule has 3 heteroatoms. The summed E-state index contributed by atoms with van der Waals surface area (Å²) in [5.74, 6) is 0.121. The van der Waals surface area contributed by atoms with Crippen LogP contribution in [0.2, 0.25) is 0 Å². The van der Waals surface area contributed by atoms with Crippen molar-refractivity contribution in [3.63, 3.8) is 0 Å². The number of carbonyl (C=O) groups is 2. The lowest BCUT2D eigenvalue weighted by Crippen LogP contribution is -2.07. The Balaban J connectivity index is 3.34. The SMILES string of the molecule is C=CCCCC(=O)OCCCC(=O)CCCCCC. The predicted molar refractivity (Wildman–Crippen MR) is 78.0 cm³/mol. The number of rotatable bonds is 13. The fourth-order valence-corrected chi connectivity index (χ4v) is 1.79. The number of ketones is 1. The van der Waals surface area contributed by atoms with Gasteiger partial charge in [0.2, 0.25) is 0 Å². The monoisotopic (exact) mass is 268 g/mol. The Morgan fingerprint density at radius 1 is 1.00 bits per heavy atom. The highest BCUT2D eigenvalue weighted by Crippen LogP contribution is 2.06. The molecule has 0 saturated heterocycles. The molecule has 0 aliphatic rings. The average Bonchev–Trinajstić information content (AvgIpc) is 2.40. The van der Waals surface area contributed by atoms with Crippen LogP contribution in [0.1, 0.15) is 71.1 Å². The number of unbranched alkanes of at least 4 members (excludes halogenated alkanes) is 4. The fraction of sp³-hybridized carbons (Fsp3) is 0.750. The lowest BCUT2D eigenvalue weighted by molar-refractivity contribution is -0.144. The van der Waals surface area contributed by atoms with Crippen LogP contribution in [0.3, 0.4) is 0 Å². The zero-order chi connectivity index (χ0) is 14.3. The molecular formula is C16H28O3. The molecular weight excluding hydrogens is 240 g/mol. The Morgan fingerprint density at radius 3 is 2.42 bits per heavy atom. The molecule has 0 unspecified atom stereocenters. The molecule has 0 rings (SSSR count). The average molecular weight is 268 g/mol. The third-order valence-corrected chi connectivity index (χ3v) is 2.96. The second-order valence-corrected chi connectivity index (χ2v) is 4.85. The maximum Gasteiger partial charge on any atom is 0.305 e. The molecule has 0 spiro atoms. The molecule has 0 N–H and O–H groups in total. The second-order valence-electron chi connectivity index (χ2n) is 4.85. The van der Waals surface area contributed by atoms with E-state index in [1.54, 1.807) is 6.08 Å². The van der Waals surface area contributed by atoms with E-state index < -0.39 is 0 Å². The van der Waals surface area contributed by atoms with E-state index in [-0.39, 0.29) is 5.97 Å². The molecule has 0 amide bonds. The van der Waals surface area contributed by atoms with E-state index in [0.29, 0.717) is 38.1 Å². The van der Waals surface area contributed by atoms with Crippen LogP contribution in [0.4, 0.5) is 0 Å². The summed E-state index contributed by atoms with van der Waals surface area (Å²) in [6.07, 6.45) is 10.3. The van der Waals surface area contributed by atoms with Crippen molar-refractivity contribution >= 4 is 11.8 Å². The van der Waals surface area contributed by atoms with Gasteiger partial charge >= 0.3 is 5.97 Å². The van der Waals surface area contributed by atoms with Crippen molar-refractivity contribution in [1.82, 2.24) is 0 Å². The second kappa shape index (κ2) is 13.3. The predicted octanol–water partition coefficient (Wildman–Crippen LogP) is 4.21. The van der Waals surface area contributed by atoms with Gasteiger partial charge in [0.05, 0.1) is 6.61 Å². The number of esters is 1. The minimum atomic E-state index is -0.169. The van der Waals surface area contributed by atoms with E-state index >= 15 is 0 Å². The lowest BCUT2D eigenvalue weighted by Gasteiger charge is -2.04. The zero-order valence-electron chi connectivity index (χ0n) is 12.3. The number of hydrogen-bond donors (Lipinski definition) is 0. The maximum absolute atomic E-state index is 11.5. The number of Topliss-reactive ketones (excluding diaryl/α,β-unsaturated/α-hetero) is 1. The molecule has 0 saturated carbocycles. The molecule has 19 heavy (non-hydrogen) atoms. The van der Waals surface area contributed by atoms with Gasteiger partial charge in [0.15, 0.2) is 0 Å². The van der Waals surface area contributed by atoms with Crippen molar-refractivity contribution < 1.29 is 14.3 Å². The van der Waals surface area contributed by atoms with E-state index in [1.165, 1.54) is 12.8 Å². The van der Waals surface area contributed by atoms with Crippen molar-refractivity contribution in [3.05, 3.63) is 12.7 Å². The quantitative estimate of drug-likeness (QED) is 0.285. The Kier molecular flexibility index (Phi) is 12.5. The van der Waals surface area contributed by atoms with Gasteiger partial charge in [-0.05, 0) is 25.7 Å². The number of ether oxygens (including phenoxy) is 1. The summed E-state index contributed by atoms with van der Waals surface area (Å²) >= 11 is 0. The van der Waals surface area contributed by atoms with Crippen LogP contribution < -0.4 is 0 Å². The highest BCUT2D eigenvalue weighted by Gasteiger charge is 2.04. The highest BCUT2D eigenvalue weighted by atomic mass is 16.5. The van der Waals surface area contributed by atoms with E-state index in [0.717, 1.165) is 25.7 Å². The maximum atomic E-state index is 11.5. The number of hydrogen-bond acceptors (Lipinski definition) is 3. The fourth-order valence-electron chi connectivity index (χ4n) is 1.79. The Labute approximate surface area is 117 Å². The topological polar surface area (TPSA) is 43.4 Å². The molecule has 0 aromatic carbocycles. The van der Waals surface area contributed by atoms with Gasteiger partial charge in [0.1, 0.15) is 5.78 Å². The van der Waals surface area contributed by atoms with Crippen molar-refractivity contribution in [3.8, 4) is 0 Å². The number of allylic oxidation sites excluding steroid dienone is 1. The summed E-state index contributed by atoms with van der Waals surface area (Å²) in [7, 11) is 0. The van der Waals surface area contributed by atoms with Crippen LogP contribution in [0.25, 0.3) is 0 Å². The van der Waals surface area contributed by atoms with Crippen LogP contribution >= 0.6 is 0 Å². The Morgan fingerprint density at radius 2 is 1.74 bits per heavy atom. The van der Waals surface area contributed by atoms with Crippen LogP contribution in [0, 0.1) is 0 Å². The van der Waals surface area contributed by atoms with Crippen molar-refractivity contribution in [1.29, 1.82) is 0 Å². The van der Waals surface area contributed by atoms with Crippen LogP contribution in [-0.2, 0) is 14.3 Å². The van der Waals surface area contributed by atoms with Gasteiger partial charge in [-0.25, -0.2) is 0 Å². The van der Waals surface area contributed by atoms with Crippen LogP contribution in [-0.4, -0.2) is 18.4 Å². The third kappa shape index (κ3) is 13.1. The molecule has 0 atom stereocenters. The molecule has 0 aromatic heterocycles. The van der Waals surface area contributed by atoms with Gasteiger partial charge in [-0.3, -0.25) is 9.59 Å². The molecule has 0 heterocycles. The van der Waals surface area contributed by atoms with Gasteiger partial charge in [0.25, 0.3) is 0 Å². The van der Waals surface area contributed by atoms with Gasteiger partial charge in [-0.2, -0.15) is 0 Å². The number of carbonyl (C=O) groups excluding carboxylic acids is 2. The standard InChI is InChI=1S/C16H28O3/c1-3-5-7-9-11-15(17)12-10-14-19-16(18)13-8-6-4-2/h4H,2-3,5-14H2,1H3. The molecule has 110 valence electrons. The smallest absolute Gasteiger partial charge is 0.305 e. The van der Waals surface area contributed by atoms with Crippen LogP contribution in [0.5, 0.6) is 0 Å². The van der Waals surface area contributed by atoms with Crippen molar-refractivity contribution in [2.75, 3.05) is 6.61 Å². The van der Waals surface area contributed by atoms with E-state index in [1.807, 2.05) is 0 Å². The van der Waals surface area contributed by atoms with Crippen molar-refractivity contribution in [2.45, 2.75) is 71.1 Å². The minimum absolute atomic E-state index is 0.169. The first-order chi connectivity index (χ1) is 9.20. The summed E-state index contributed by atoms with van der Waals surface area (Å²) in [5.41, 5.74) is 0. The largest absolute Gasteiger partial charge is 0.466 e. The van der Waals surface area contributed by atoms with E-state index in [9.17, 15) is 9.59 Å². The van der Waals surface area contributed by atoms with Crippen molar-refractivity contribution in [2.24, 2.45) is 0 Å². The molecule has 0 aromatic rings. The summed E-state index contributed by atoms with van der Waals surface area (Å²) in [6.45, 7) is 6.13. The summed E-state index contributed by atoms with van der Waals surface area (Å²) < 4.78 is 5.06. The highest BCUT2D eigenvalue weighted by molar-refractivity contribution is 5.78. The van der Waals surface area contributed by atoms with E-state index in [2.05, 4.69) is 13.5 Å². The molecule has 0 radical (unpaired) electrons. The first-order valence-electron chi connectivity index (χ1n) is 7.49. The van der Waals surface area contributed by atoms with Crippen LogP contribution in [0.15, 0.2) is 12.7 Å². The zero-order valence-corrected chi connectivity index (χ0v) is 12.3.